The molecule has 0 heterocycles. The van der Waals surface area contributed by atoms with Crippen LogP contribution in [-0.2, 0) is 0 Å². The van der Waals surface area contributed by atoms with Gasteiger partial charge in [-0.3, -0.25) is 0 Å². The minimum Gasteiger partial charge on any atom is -0.126 e. The summed E-state index contributed by atoms with van der Waals surface area (Å²) in [7, 11) is 0. The summed E-state index contributed by atoms with van der Waals surface area (Å²) >= 11 is 16.2. The Labute approximate surface area is 70.1 Å². The highest BCUT2D eigenvalue weighted by Gasteiger charge is 1.81. The molecule has 0 aliphatic carbocycles. The first-order chi connectivity index (χ1) is 4.31. The smallest absolute Gasteiger partial charge is 0.0375 e. The lowest BCUT2D eigenvalue weighted by atomic mass is 10.4. The first-order valence-corrected chi connectivity index (χ1v) is 3.84. The van der Waals surface area contributed by atoms with Crippen LogP contribution in [0.15, 0.2) is 22.7 Å². The average Bonchev–Trinajstić information content (AvgIpc) is 1.85. The van der Waals surface area contributed by atoms with Crippen molar-refractivity contribution in [2.75, 3.05) is 5.88 Å². The minimum atomic E-state index is 0.590. The van der Waals surface area contributed by atoms with E-state index in [1.165, 1.54) is 5.54 Å². The summed E-state index contributed by atoms with van der Waals surface area (Å²) < 4.78 is 0. The third-order valence-electron chi connectivity index (χ3n) is 0.671. The molecule has 0 rings (SSSR count). The van der Waals surface area contributed by atoms with Crippen molar-refractivity contribution >= 4 is 34.8 Å². The number of allylic oxidation sites excluding steroid dienone is 3. The van der Waals surface area contributed by atoms with E-state index in [2.05, 4.69) is 0 Å². The van der Waals surface area contributed by atoms with Crippen molar-refractivity contribution in [1.82, 2.24) is 0 Å². The summed E-state index contributed by atoms with van der Waals surface area (Å²) in [4.78, 5) is 0. The second-order valence-corrected chi connectivity index (χ2v) is 2.43. The van der Waals surface area contributed by atoms with Crippen LogP contribution in [0.2, 0.25) is 0 Å². The van der Waals surface area contributed by atoms with E-state index in [1.54, 1.807) is 6.08 Å². The molecule has 0 saturated heterocycles. The number of hydrogen-bond acceptors (Lipinski definition) is 0. The molecule has 0 aliphatic heterocycles. The summed E-state index contributed by atoms with van der Waals surface area (Å²) in [6.45, 7) is 0. The lowest BCUT2D eigenvalue weighted by molar-refractivity contribution is 1.23. The molecule has 0 unspecified atom stereocenters. The SMILES string of the molecule is Cl/C=C/C(Cl)=C\CCCl. The molecule has 3 heteroatoms. The van der Waals surface area contributed by atoms with Gasteiger partial charge in [0.25, 0.3) is 0 Å². The fourth-order valence-electron chi connectivity index (χ4n) is 0.321. The van der Waals surface area contributed by atoms with Gasteiger partial charge in [-0.05, 0) is 12.5 Å². The summed E-state index contributed by atoms with van der Waals surface area (Å²) in [5.41, 5.74) is 1.37. The molecule has 0 aromatic heterocycles. The van der Waals surface area contributed by atoms with Crippen molar-refractivity contribution in [3.63, 3.8) is 0 Å². The fourth-order valence-corrected chi connectivity index (χ4v) is 0.802. The maximum Gasteiger partial charge on any atom is 0.0375 e. The molecule has 0 N–H and O–H groups in total. The van der Waals surface area contributed by atoms with Gasteiger partial charge in [-0.25, -0.2) is 0 Å². The molecule has 0 saturated carbocycles. The molecule has 0 aliphatic rings. The Kier molecular flexibility index (Phi) is 6.72. The molecule has 0 aromatic carbocycles. The second kappa shape index (κ2) is 6.47. The molecule has 0 bridgehead atoms. The summed E-state index contributed by atoms with van der Waals surface area (Å²) in [5, 5.41) is 0.630. The van der Waals surface area contributed by atoms with Gasteiger partial charge in [0.1, 0.15) is 0 Å². The topological polar surface area (TPSA) is 0 Å². The van der Waals surface area contributed by atoms with Crippen molar-refractivity contribution in [3.8, 4) is 0 Å². The molecule has 0 aromatic rings. The van der Waals surface area contributed by atoms with Gasteiger partial charge in [0.2, 0.25) is 0 Å². The number of halogens is 3. The van der Waals surface area contributed by atoms with E-state index in [0.717, 1.165) is 6.42 Å². The van der Waals surface area contributed by atoms with Crippen LogP contribution >= 0.6 is 34.8 Å². The Morgan fingerprint density at radius 3 is 2.56 bits per heavy atom. The Balaban J connectivity index is 3.55. The summed E-state index contributed by atoms with van der Waals surface area (Å²) in [5.74, 6) is 0.590. The van der Waals surface area contributed by atoms with Gasteiger partial charge in [0, 0.05) is 16.4 Å². The van der Waals surface area contributed by atoms with Crippen LogP contribution in [0, 0.1) is 0 Å². The Morgan fingerprint density at radius 1 is 1.44 bits per heavy atom. The normalized spacial score (nSPS) is 13.0. The second-order valence-electron chi connectivity index (χ2n) is 1.36. The molecule has 0 radical (unpaired) electrons. The molecule has 52 valence electrons. The fraction of sp³-hybridized carbons (Fsp3) is 0.333. The largest absolute Gasteiger partial charge is 0.126 e. The molecule has 0 nitrogen and oxygen atoms in total. The van der Waals surface area contributed by atoms with Gasteiger partial charge < -0.3 is 0 Å². The zero-order chi connectivity index (χ0) is 7.11. The molecular formula is C6H7Cl3. The molecule has 0 fully saturated rings. The maximum atomic E-state index is 5.59. The standard InChI is InChI=1S/C6H7Cl3/c7-4-1-2-6(9)3-5-8/h2-3,5H,1,4H2/b5-3+,6-2+. The Hall–Kier alpha value is 0.350. The third kappa shape index (κ3) is 6.23. The van der Waals surface area contributed by atoms with Crippen molar-refractivity contribution in [2.45, 2.75) is 6.42 Å². The molecular weight excluding hydrogens is 178 g/mol. The first-order valence-electron chi connectivity index (χ1n) is 2.49. The highest BCUT2D eigenvalue weighted by Crippen LogP contribution is 2.05. The predicted octanol–water partition coefficient (Wildman–Crippen LogP) is 3.49. The van der Waals surface area contributed by atoms with Crippen molar-refractivity contribution < 1.29 is 0 Å². The van der Waals surface area contributed by atoms with Crippen LogP contribution in [0.1, 0.15) is 6.42 Å². The lowest BCUT2D eigenvalue weighted by Gasteiger charge is -1.84. The van der Waals surface area contributed by atoms with Gasteiger partial charge >= 0.3 is 0 Å². The molecule has 0 spiro atoms. The van der Waals surface area contributed by atoms with E-state index in [0.29, 0.717) is 10.9 Å². The van der Waals surface area contributed by atoms with E-state index in [1.807, 2.05) is 6.08 Å². The van der Waals surface area contributed by atoms with Crippen molar-refractivity contribution in [2.24, 2.45) is 0 Å². The van der Waals surface area contributed by atoms with Gasteiger partial charge in [-0.15, -0.1) is 11.6 Å². The van der Waals surface area contributed by atoms with E-state index in [-0.39, 0.29) is 0 Å². The first kappa shape index (κ1) is 9.35. The average molecular weight is 185 g/mol. The van der Waals surface area contributed by atoms with E-state index < -0.39 is 0 Å². The predicted molar refractivity (Wildman–Crippen MR) is 44.3 cm³/mol. The Morgan fingerprint density at radius 2 is 2.11 bits per heavy atom. The molecule has 0 amide bonds. The third-order valence-corrected chi connectivity index (χ3v) is 1.30. The van der Waals surface area contributed by atoms with Crippen LogP contribution in [0.5, 0.6) is 0 Å². The minimum absolute atomic E-state index is 0.590. The number of alkyl halides is 1. The highest BCUT2D eigenvalue weighted by atomic mass is 35.5. The van der Waals surface area contributed by atoms with Crippen molar-refractivity contribution in [1.29, 1.82) is 0 Å². The van der Waals surface area contributed by atoms with Crippen molar-refractivity contribution in [3.05, 3.63) is 22.7 Å². The Bertz CT molecular complexity index is 115. The van der Waals surface area contributed by atoms with Gasteiger partial charge in [-0.1, -0.05) is 29.3 Å². The zero-order valence-electron chi connectivity index (χ0n) is 4.78. The monoisotopic (exact) mass is 184 g/mol. The van der Waals surface area contributed by atoms with Gasteiger partial charge in [0.05, 0.1) is 0 Å². The van der Waals surface area contributed by atoms with Gasteiger partial charge in [-0.2, -0.15) is 0 Å². The highest BCUT2D eigenvalue weighted by molar-refractivity contribution is 6.33. The van der Waals surface area contributed by atoms with Crippen LogP contribution < -0.4 is 0 Å². The summed E-state index contributed by atoms with van der Waals surface area (Å²) in [6, 6.07) is 0. The van der Waals surface area contributed by atoms with Crippen LogP contribution in [0.3, 0.4) is 0 Å². The maximum absolute atomic E-state index is 5.59. The van der Waals surface area contributed by atoms with Crippen LogP contribution in [0.25, 0.3) is 0 Å². The molecule has 9 heavy (non-hydrogen) atoms. The van der Waals surface area contributed by atoms with Crippen LogP contribution in [-0.4, -0.2) is 5.88 Å². The van der Waals surface area contributed by atoms with E-state index in [9.17, 15) is 0 Å². The number of hydrogen-bond donors (Lipinski definition) is 0. The quantitative estimate of drug-likeness (QED) is 0.466. The van der Waals surface area contributed by atoms with Gasteiger partial charge in [0.15, 0.2) is 0 Å². The van der Waals surface area contributed by atoms with E-state index in [4.69, 9.17) is 34.8 Å². The lowest BCUT2D eigenvalue weighted by Crippen LogP contribution is -1.68. The summed E-state index contributed by atoms with van der Waals surface area (Å²) in [6.07, 6.45) is 4.20. The molecule has 0 atom stereocenters. The number of rotatable bonds is 3. The van der Waals surface area contributed by atoms with Crippen LogP contribution in [0.4, 0.5) is 0 Å². The zero-order valence-corrected chi connectivity index (χ0v) is 7.05. The van der Waals surface area contributed by atoms with E-state index >= 15 is 0 Å².